The van der Waals surface area contributed by atoms with E-state index in [0.29, 0.717) is 10.6 Å². The predicted molar refractivity (Wildman–Crippen MR) is 78.8 cm³/mol. The fourth-order valence-electron chi connectivity index (χ4n) is 1.45. The van der Waals surface area contributed by atoms with Gasteiger partial charge in [-0.2, -0.15) is 0 Å². The number of nitrogens with one attached hydrogen (secondary N) is 1. The number of carbonyl (C=O) groups excluding carboxylic acids is 1. The first-order valence-electron chi connectivity index (χ1n) is 5.54. The number of thioether (sulfide) groups is 1. The van der Waals surface area contributed by atoms with E-state index in [4.69, 9.17) is 0 Å². The average molecular weight is 339 g/mol. The number of aromatic amines is 1. The van der Waals surface area contributed by atoms with E-state index < -0.39 is 5.69 Å². The van der Waals surface area contributed by atoms with E-state index >= 15 is 0 Å². The minimum absolute atomic E-state index is 0.0227. The number of rotatable bonds is 4. The van der Waals surface area contributed by atoms with Gasteiger partial charge in [0.05, 0.1) is 10.8 Å². The Morgan fingerprint density at radius 2 is 2.05 bits per heavy atom. The Labute approximate surface area is 122 Å². The molecule has 1 N–H and O–H groups in total. The van der Waals surface area contributed by atoms with Crippen LogP contribution in [0.2, 0.25) is 0 Å². The van der Waals surface area contributed by atoms with Crippen molar-refractivity contribution >= 4 is 33.5 Å². The smallest absolute Gasteiger partial charge is 0.300 e. The van der Waals surface area contributed by atoms with Gasteiger partial charge in [0.25, 0.3) is 0 Å². The SMILES string of the molecule is Cc1cnc(=O)[nH]c1SCC(=O)c1ccc(Br)cc1. The van der Waals surface area contributed by atoms with Crippen molar-refractivity contribution in [3.63, 3.8) is 0 Å². The van der Waals surface area contributed by atoms with Gasteiger partial charge in [0, 0.05) is 16.2 Å². The molecule has 0 bridgehead atoms. The van der Waals surface area contributed by atoms with Gasteiger partial charge in [0.2, 0.25) is 0 Å². The Hall–Kier alpha value is -1.40. The summed E-state index contributed by atoms with van der Waals surface area (Å²) in [4.78, 5) is 29.4. The van der Waals surface area contributed by atoms with Crippen LogP contribution in [-0.2, 0) is 0 Å². The third-order valence-electron chi connectivity index (χ3n) is 2.47. The van der Waals surface area contributed by atoms with E-state index in [1.54, 1.807) is 12.1 Å². The van der Waals surface area contributed by atoms with Crippen molar-refractivity contribution in [1.29, 1.82) is 0 Å². The fraction of sp³-hybridized carbons (Fsp3) is 0.154. The summed E-state index contributed by atoms with van der Waals surface area (Å²) in [7, 11) is 0. The van der Waals surface area contributed by atoms with Gasteiger partial charge in [-0.1, -0.05) is 39.8 Å². The Kier molecular flexibility index (Phi) is 4.55. The summed E-state index contributed by atoms with van der Waals surface area (Å²) in [5.41, 5.74) is 1.11. The number of aromatic nitrogens is 2. The Morgan fingerprint density at radius 1 is 1.37 bits per heavy atom. The van der Waals surface area contributed by atoms with Crippen molar-refractivity contribution in [3.05, 3.63) is 56.5 Å². The van der Waals surface area contributed by atoms with Crippen LogP contribution in [0.1, 0.15) is 15.9 Å². The van der Waals surface area contributed by atoms with E-state index in [0.717, 1.165) is 10.0 Å². The summed E-state index contributed by atoms with van der Waals surface area (Å²) >= 11 is 4.64. The molecule has 0 saturated carbocycles. The number of carbonyl (C=O) groups is 1. The molecule has 1 aromatic carbocycles. The molecule has 2 rings (SSSR count). The van der Waals surface area contributed by atoms with E-state index in [1.807, 2.05) is 19.1 Å². The van der Waals surface area contributed by atoms with Crippen molar-refractivity contribution in [1.82, 2.24) is 9.97 Å². The number of ketones is 1. The summed E-state index contributed by atoms with van der Waals surface area (Å²) in [6.45, 7) is 1.84. The van der Waals surface area contributed by atoms with Crippen molar-refractivity contribution in [2.75, 3.05) is 5.75 Å². The van der Waals surface area contributed by atoms with E-state index in [9.17, 15) is 9.59 Å². The molecule has 1 aromatic heterocycles. The van der Waals surface area contributed by atoms with Gasteiger partial charge in [-0.05, 0) is 24.6 Å². The van der Waals surface area contributed by atoms with E-state index in [-0.39, 0.29) is 11.5 Å². The molecule has 2 aromatic rings. The summed E-state index contributed by atoms with van der Waals surface area (Å²) in [5.74, 6) is 0.303. The van der Waals surface area contributed by atoms with Gasteiger partial charge in [-0.25, -0.2) is 9.78 Å². The molecule has 0 amide bonds. The maximum atomic E-state index is 12.0. The lowest BCUT2D eigenvalue weighted by atomic mass is 10.2. The first kappa shape index (κ1) is 14.0. The minimum Gasteiger partial charge on any atom is -0.300 e. The Bertz CT molecular complexity index is 652. The number of hydrogen-bond donors (Lipinski definition) is 1. The lowest BCUT2D eigenvalue weighted by Gasteiger charge is -2.04. The molecular weight excluding hydrogens is 328 g/mol. The third-order valence-corrected chi connectivity index (χ3v) is 4.12. The molecule has 0 spiro atoms. The molecule has 0 unspecified atom stereocenters. The number of benzene rings is 1. The molecule has 0 saturated heterocycles. The summed E-state index contributed by atoms with van der Waals surface area (Å²) in [5, 5.41) is 0.686. The van der Waals surface area contributed by atoms with Gasteiger partial charge in [-0.3, -0.25) is 4.79 Å². The van der Waals surface area contributed by atoms with Crippen LogP contribution in [-0.4, -0.2) is 21.5 Å². The number of hydrogen-bond acceptors (Lipinski definition) is 4. The highest BCUT2D eigenvalue weighted by Crippen LogP contribution is 2.19. The molecule has 0 aliphatic carbocycles. The molecule has 4 nitrogen and oxygen atoms in total. The standard InChI is InChI=1S/C13H11BrN2O2S/c1-8-6-15-13(18)16-12(8)19-7-11(17)9-2-4-10(14)5-3-9/h2-6H,7H2,1H3,(H,15,16,18). The molecule has 0 aliphatic heterocycles. The maximum absolute atomic E-state index is 12.0. The zero-order valence-electron chi connectivity index (χ0n) is 10.1. The monoisotopic (exact) mass is 338 g/mol. The largest absolute Gasteiger partial charge is 0.345 e. The van der Waals surface area contributed by atoms with Gasteiger partial charge < -0.3 is 4.98 Å². The second-order valence-corrected chi connectivity index (χ2v) is 5.82. The number of aryl methyl sites for hydroxylation is 1. The third kappa shape index (κ3) is 3.78. The number of H-pyrrole nitrogens is 1. The molecule has 1 heterocycles. The Balaban J connectivity index is 2.06. The summed E-state index contributed by atoms with van der Waals surface area (Å²) < 4.78 is 0.936. The number of nitrogens with zero attached hydrogens (tertiary/aromatic N) is 1. The zero-order valence-corrected chi connectivity index (χ0v) is 12.5. The molecule has 0 aliphatic rings. The lowest BCUT2D eigenvalue weighted by molar-refractivity contribution is 0.102. The van der Waals surface area contributed by atoms with Crippen molar-refractivity contribution in [3.8, 4) is 0 Å². The molecule has 0 fully saturated rings. The highest BCUT2D eigenvalue weighted by Gasteiger charge is 2.08. The quantitative estimate of drug-likeness (QED) is 0.529. The van der Waals surface area contributed by atoms with Crippen molar-refractivity contribution < 1.29 is 4.79 Å². The summed E-state index contributed by atoms with van der Waals surface area (Å²) in [6, 6.07) is 7.21. The topological polar surface area (TPSA) is 62.8 Å². The van der Waals surface area contributed by atoms with Crippen LogP contribution in [0.3, 0.4) is 0 Å². The van der Waals surface area contributed by atoms with Crippen LogP contribution >= 0.6 is 27.7 Å². The highest BCUT2D eigenvalue weighted by atomic mass is 79.9. The molecule has 98 valence electrons. The van der Waals surface area contributed by atoms with Crippen LogP contribution in [0, 0.1) is 6.92 Å². The molecule has 0 atom stereocenters. The summed E-state index contributed by atoms with van der Waals surface area (Å²) in [6.07, 6.45) is 1.51. The van der Waals surface area contributed by atoms with Crippen LogP contribution < -0.4 is 5.69 Å². The second-order valence-electron chi connectivity index (χ2n) is 3.92. The number of Topliss-reactive ketones (excluding diaryl/α,β-unsaturated/α-hetero) is 1. The second kappa shape index (κ2) is 6.16. The first-order valence-corrected chi connectivity index (χ1v) is 7.31. The molecular formula is C13H11BrN2O2S. The van der Waals surface area contributed by atoms with Gasteiger partial charge in [0.15, 0.2) is 5.78 Å². The van der Waals surface area contributed by atoms with Gasteiger partial charge >= 0.3 is 5.69 Å². The normalized spacial score (nSPS) is 10.4. The van der Waals surface area contributed by atoms with Crippen LogP contribution in [0.5, 0.6) is 0 Å². The van der Waals surface area contributed by atoms with Crippen molar-refractivity contribution in [2.24, 2.45) is 0 Å². The van der Waals surface area contributed by atoms with E-state index in [2.05, 4.69) is 25.9 Å². The average Bonchev–Trinajstić information content (AvgIpc) is 2.40. The molecule has 6 heteroatoms. The minimum atomic E-state index is -0.399. The van der Waals surface area contributed by atoms with Crippen LogP contribution in [0.4, 0.5) is 0 Å². The predicted octanol–water partition coefficient (Wildman–Crippen LogP) is 2.82. The number of halogens is 1. The fourth-order valence-corrected chi connectivity index (χ4v) is 2.60. The molecule has 19 heavy (non-hydrogen) atoms. The van der Waals surface area contributed by atoms with Crippen LogP contribution in [0.25, 0.3) is 0 Å². The zero-order chi connectivity index (χ0) is 13.8. The van der Waals surface area contributed by atoms with Gasteiger partial charge in [-0.15, -0.1) is 0 Å². The Morgan fingerprint density at radius 3 is 2.74 bits per heavy atom. The van der Waals surface area contributed by atoms with Crippen molar-refractivity contribution in [2.45, 2.75) is 11.9 Å². The van der Waals surface area contributed by atoms with E-state index in [1.165, 1.54) is 18.0 Å². The lowest BCUT2D eigenvalue weighted by Crippen LogP contribution is -2.12. The molecule has 0 radical (unpaired) electrons. The maximum Gasteiger partial charge on any atom is 0.345 e. The van der Waals surface area contributed by atoms with Crippen LogP contribution in [0.15, 0.2) is 44.8 Å². The highest BCUT2D eigenvalue weighted by molar-refractivity contribution is 9.10. The first-order chi connectivity index (χ1) is 9.06. The van der Waals surface area contributed by atoms with Gasteiger partial charge in [0.1, 0.15) is 0 Å².